The van der Waals surface area contributed by atoms with Gasteiger partial charge in [-0.25, -0.2) is 13.2 Å². The van der Waals surface area contributed by atoms with E-state index in [1.54, 1.807) is 42.5 Å². The molecule has 5 aromatic carbocycles. The zero-order valence-corrected chi connectivity index (χ0v) is 58.7. The van der Waals surface area contributed by atoms with Gasteiger partial charge in [-0.2, -0.15) is 9.83 Å². The van der Waals surface area contributed by atoms with Crippen LogP contribution in [0.5, 0.6) is 0 Å². The lowest BCUT2D eigenvalue weighted by Crippen LogP contribution is -2.29. The molecule has 0 aliphatic carbocycles. The Morgan fingerprint density at radius 1 is 0.606 bits per heavy atom. The third-order valence-electron chi connectivity index (χ3n) is 16.8. The van der Waals surface area contributed by atoms with E-state index in [0.29, 0.717) is 79.3 Å². The molecule has 13 rings (SSSR count). The Balaban J connectivity index is 0.000000150. The van der Waals surface area contributed by atoms with Gasteiger partial charge in [0.1, 0.15) is 40.6 Å². The highest BCUT2D eigenvalue weighted by Crippen LogP contribution is 2.35. The summed E-state index contributed by atoms with van der Waals surface area (Å²) in [5.74, 6) is -1.21. The van der Waals surface area contributed by atoms with Crippen LogP contribution in [-0.4, -0.2) is 120 Å². The second-order valence-corrected chi connectivity index (χ2v) is 26.4. The van der Waals surface area contributed by atoms with Gasteiger partial charge in [-0.1, -0.05) is 99.2 Å². The first-order valence-electron chi connectivity index (χ1n) is 32.1. The molecule has 512 valence electrons. The molecule has 2 N–H and O–H groups in total. The quantitative estimate of drug-likeness (QED) is 0.0459. The molecule has 1 atom stereocenters. The minimum absolute atomic E-state index is 0.0626. The Hall–Kier alpha value is -8.83. The van der Waals surface area contributed by atoms with Crippen LogP contribution in [0.4, 0.5) is 13.2 Å². The van der Waals surface area contributed by atoms with Crippen molar-refractivity contribution in [2.45, 2.75) is 70.7 Å². The van der Waals surface area contributed by atoms with Crippen LogP contribution in [0.2, 0.25) is 25.1 Å². The first-order chi connectivity index (χ1) is 47.7. The zero-order valence-electron chi connectivity index (χ0n) is 54.9. The molecule has 7 aromatic heterocycles. The summed E-state index contributed by atoms with van der Waals surface area (Å²) in [7, 11) is 7.97. The standard InChI is InChI=1S/C27H26Cl2FN3O2.C25H23Cl2FN4O2.C22H22ClFN6/c1-17(26-21(28)9-10-22(30)27(26)29)35-33-13-11-23-24(33)15-20(16-31-23)18-6-4-7-19(14-18)25(34)8-5-12-32(2)3;1-31(2)10-4-7-24(33)17-6-3-5-16(11-17)18-12-23-22(29-13-18)14-30-32(23)34-15-19-20(26)8-9-21(28)25(19)27;23-20-2-1-18(24)9-16(20)12-27-29-8-5-21-22(29)10-15(11-26-21)17-13-28-30(14-17)19-3-6-25-7-4-19/h4,6-7,9-11,13-17H,5,8,12H2,1-3H3;3,5-6,8-9,11-14H,4,7,10,15H2,1-2H3;1-2,5,8-11,13-14,19,25,27H,3-4,6-7,12H2. The van der Waals surface area contributed by atoms with Crippen molar-refractivity contribution < 1.29 is 32.4 Å². The molecule has 1 unspecified atom stereocenters. The predicted octanol–water partition coefficient (Wildman–Crippen LogP) is 16.9. The molecule has 0 spiro atoms. The van der Waals surface area contributed by atoms with E-state index in [-0.39, 0.29) is 34.0 Å². The molecule has 1 saturated heterocycles. The molecule has 0 radical (unpaired) electrons. The summed E-state index contributed by atoms with van der Waals surface area (Å²) < 4.78 is 46.9. The number of hydrogen-bond acceptors (Lipinski definition) is 13. The predicted molar refractivity (Wildman–Crippen MR) is 387 cm³/mol. The van der Waals surface area contributed by atoms with E-state index in [4.69, 9.17) is 67.7 Å². The van der Waals surface area contributed by atoms with Crippen molar-refractivity contribution in [3.8, 4) is 33.4 Å². The number of fused-ring (bicyclic) bond motifs is 3. The second-order valence-electron chi connectivity index (χ2n) is 24.4. The van der Waals surface area contributed by atoms with Gasteiger partial charge in [-0.3, -0.25) is 33.9 Å². The van der Waals surface area contributed by atoms with Crippen LogP contribution in [0.15, 0.2) is 171 Å². The lowest BCUT2D eigenvalue weighted by Gasteiger charge is -2.22. The monoisotopic (exact) mass is 1440 g/mol. The number of halogens is 8. The number of pyridine rings is 3. The maximum Gasteiger partial charge on any atom is 0.162 e. The van der Waals surface area contributed by atoms with E-state index in [0.717, 1.165) is 107 Å². The molecule has 1 aliphatic heterocycles. The summed E-state index contributed by atoms with van der Waals surface area (Å²) in [6.45, 7) is 5.87. The Labute approximate surface area is 595 Å². The van der Waals surface area contributed by atoms with Crippen LogP contribution in [0.3, 0.4) is 0 Å². The van der Waals surface area contributed by atoms with Crippen molar-refractivity contribution in [3.05, 3.63) is 241 Å². The molecule has 0 amide bonds. The summed E-state index contributed by atoms with van der Waals surface area (Å²) in [4.78, 5) is 56.1. The minimum atomic E-state index is -0.618. The fraction of sp³-hybridized carbons (Fsp3) is 0.257. The number of nitrogens with one attached hydrogen (secondary N) is 2. The fourth-order valence-corrected chi connectivity index (χ4v) is 12.7. The minimum Gasteiger partial charge on any atom is -0.406 e. The van der Waals surface area contributed by atoms with Crippen LogP contribution in [-0.2, 0) is 13.2 Å². The van der Waals surface area contributed by atoms with Crippen LogP contribution in [0.25, 0.3) is 66.5 Å². The van der Waals surface area contributed by atoms with Crippen LogP contribution < -0.4 is 20.4 Å². The van der Waals surface area contributed by atoms with Gasteiger partial charge in [0.2, 0.25) is 0 Å². The fourth-order valence-electron chi connectivity index (χ4n) is 11.4. The third-order valence-corrected chi connectivity index (χ3v) is 18.6. The summed E-state index contributed by atoms with van der Waals surface area (Å²) >= 11 is 30.8. The van der Waals surface area contributed by atoms with Gasteiger partial charge in [-0.05, 0) is 189 Å². The molecular weight excluding hydrogens is 1370 g/mol. The molecule has 99 heavy (non-hydrogen) atoms. The van der Waals surface area contributed by atoms with Gasteiger partial charge in [0.15, 0.2) is 17.7 Å². The lowest BCUT2D eigenvalue weighted by molar-refractivity contribution is 0.0562. The molecule has 1 fully saturated rings. The first kappa shape index (κ1) is 71.5. The second kappa shape index (κ2) is 32.9. The topological polar surface area (TPSA) is 167 Å². The van der Waals surface area contributed by atoms with E-state index in [9.17, 15) is 22.8 Å². The summed E-state index contributed by atoms with van der Waals surface area (Å²) in [5.41, 5.74) is 16.0. The molecule has 25 heteroatoms. The number of carbonyl (C=O) groups is 2. The maximum atomic E-state index is 14.0. The van der Waals surface area contributed by atoms with Crippen molar-refractivity contribution in [1.29, 1.82) is 0 Å². The molecule has 0 saturated carbocycles. The van der Waals surface area contributed by atoms with E-state index in [1.807, 2.05) is 124 Å². The Bertz CT molecular complexity index is 4840. The summed E-state index contributed by atoms with van der Waals surface area (Å²) in [6, 6.07) is 34.8. The van der Waals surface area contributed by atoms with E-state index >= 15 is 0 Å². The number of hydrogen-bond donors (Lipinski definition) is 2. The molecule has 1 aliphatic rings. The molecule has 12 aromatic rings. The number of benzene rings is 5. The number of carbonyl (C=O) groups excluding carboxylic acids is 2. The Morgan fingerprint density at radius 3 is 1.84 bits per heavy atom. The van der Waals surface area contributed by atoms with Gasteiger partial charge >= 0.3 is 0 Å². The van der Waals surface area contributed by atoms with E-state index < -0.39 is 17.7 Å². The van der Waals surface area contributed by atoms with Gasteiger partial charge < -0.3 is 30.2 Å². The van der Waals surface area contributed by atoms with Crippen LogP contribution in [0.1, 0.15) is 95.0 Å². The Morgan fingerprint density at radius 2 is 1.18 bits per heavy atom. The molecule has 17 nitrogen and oxygen atoms in total. The van der Waals surface area contributed by atoms with E-state index in [1.165, 1.54) is 41.2 Å². The van der Waals surface area contributed by atoms with Crippen molar-refractivity contribution in [2.24, 2.45) is 0 Å². The molecule has 0 bridgehead atoms. The maximum absolute atomic E-state index is 14.0. The average molecular weight is 1440 g/mol. The summed E-state index contributed by atoms with van der Waals surface area (Å²) in [6.07, 6.45) is 18.8. The third kappa shape index (κ3) is 17.8. The largest absolute Gasteiger partial charge is 0.406 e. The van der Waals surface area contributed by atoms with Crippen molar-refractivity contribution in [3.63, 3.8) is 0 Å². The number of Topliss-reactive ketones (excluding diaryl/α,β-unsaturated/α-hetero) is 2. The van der Waals surface area contributed by atoms with E-state index in [2.05, 4.69) is 62.6 Å². The lowest BCUT2D eigenvalue weighted by atomic mass is 10.0. The molecular formula is C74H71Cl5F3N13O4. The highest BCUT2D eigenvalue weighted by atomic mass is 35.5. The number of piperidine rings is 1. The van der Waals surface area contributed by atoms with Crippen LogP contribution in [0, 0.1) is 17.5 Å². The number of nitrogens with zero attached hydrogens (tertiary/aromatic N) is 11. The van der Waals surface area contributed by atoms with Crippen LogP contribution >= 0.6 is 58.0 Å². The zero-order chi connectivity index (χ0) is 69.9. The van der Waals surface area contributed by atoms with Gasteiger partial charge in [0.05, 0.1) is 51.6 Å². The van der Waals surface area contributed by atoms with Crippen molar-refractivity contribution >= 4 is 103 Å². The SMILES string of the molecule is CC(On1ccc2ncc(-c3cccc(C(=O)CCCN(C)C)c3)cc21)c1c(Cl)ccc(F)c1Cl.CN(C)CCCC(=O)c1cccc(-c2cnc3cnn(OCc4c(Cl)ccc(F)c4Cl)c3c2)c1.Fc1ccc(Cl)c(CNn2ccc3ncc(-c4cnn(C5CCNCC5)c4)cc32)c1. The number of rotatable bonds is 23. The van der Waals surface area contributed by atoms with Crippen molar-refractivity contribution in [2.75, 3.05) is 59.8 Å². The normalized spacial score (nSPS) is 12.8. The first-order valence-corrected chi connectivity index (χ1v) is 34.0. The van der Waals surface area contributed by atoms with Gasteiger partial charge in [-0.15, -0.1) is 5.10 Å². The Kier molecular flexibility index (Phi) is 23.7. The number of aromatic nitrogens is 9. The summed E-state index contributed by atoms with van der Waals surface area (Å²) in [5, 5.41) is 13.2. The highest BCUT2D eigenvalue weighted by molar-refractivity contribution is 6.36. The van der Waals surface area contributed by atoms with Crippen molar-refractivity contribution in [1.82, 2.24) is 59.2 Å². The van der Waals surface area contributed by atoms with Gasteiger partial charge in [0, 0.05) is 110 Å². The highest BCUT2D eigenvalue weighted by Gasteiger charge is 2.22. The molecule has 8 heterocycles. The average Bonchev–Trinajstić information content (AvgIpc) is 1.71. The smallest absolute Gasteiger partial charge is 0.162 e. The van der Waals surface area contributed by atoms with Gasteiger partial charge in [0.25, 0.3) is 0 Å². The number of ketones is 2.